The summed E-state index contributed by atoms with van der Waals surface area (Å²) in [4.78, 5) is 24.0. The van der Waals surface area contributed by atoms with Gasteiger partial charge in [-0.05, 0) is 43.3 Å². The highest BCUT2D eigenvalue weighted by Crippen LogP contribution is 2.22. The lowest BCUT2D eigenvalue weighted by molar-refractivity contribution is -0.132. The Morgan fingerprint density at radius 1 is 1.39 bits per heavy atom. The van der Waals surface area contributed by atoms with E-state index in [4.69, 9.17) is 9.15 Å². The molecule has 1 aromatic carbocycles. The minimum atomic E-state index is -0.740. The first kappa shape index (κ1) is 20.7. The second-order valence-electron chi connectivity index (χ2n) is 7.33. The topological polar surface area (TPSA) is 135 Å². The van der Waals surface area contributed by atoms with Crippen molar-refractivity contribution in [3.05, 3.63) is 46.6 Å². The monoisotopic (exact) mass is 422 g/mol. The Hall–Kier alpha value is -3.55. The van der Waals surface area contributed by atoms with E-state index >= 15 is 0 Å². The van der Waals surface area contributed by atoms with Crippen molar-refractivity contribution in [1.82, 2.24) is 25.4 Å². The average molecular weight is 422 g/mol. The van der Waals surface area contributed by atoms with Gasteiger partial charge in [0.15, 0.2) is 5.58 Å². The molecule has 2 N–H and O–H groups in total. The summed E-state index contributed by atoms with van der Waals surface area (Å²) in [5.41, 5.74) is 3.14. The number of ether oxygens (including phenoxy) is 1. The van der Waals surface area contributed by atoms with E-state index in [-0.39, 0.29) is 12.3 Å². The van der Waals surface area contributed by atoms with Gasteiger partial charge in [0.2, 0.25) is 0 Å². The molecule has 2 aromatic heterocycles. The molecule has 0 aliphatic carbocycles. The lowest BCUT2D eigenvalue weighted by atomic mass is 10.1. The number of benzene rings is 1. The molecule has 1 aliphatic heterocycles. The number of hydrogen-bond acceptors (Lipinski definition) is 8. The molecule has 4 rings (SSSR count). The number of oxazole rings is 1. The molecule has 1 amide bonds. The Kier molecular flexibility index (Phi) is 6.06. The second-order valence-corrected chi connectivity index (χ2v) is 7.33. The van der Waals surface area contributed by atoms with Crippen LogP contribution in [0.1, 0.15) is 12.1 Å². The molecule has 3 heterocycles. The summed E-state index contributed by atoms with van der Waals surface area (Å²) in [6.07, 6.45) is 0.461. The Labute approximate surface area is 177 Å². The molecule has 3 aromatic rings. The van der Waals surface area contributed by atoms with E-state index in [0.717, 1.165) is 18.5 Å². The summed E-state index contributed by atoms with van der Waals surface area (Å²) in [6.45, 7) is 1.73. The predicted molar refractivity (Wildman–Crippen MR) is 111 cm³/mol. The van der Waals surface area contributed by atoms with E-state index in [9.17, 15) is 14.9 Å². The minimum Gasteiger partial charge on any atom is -0.408 e. The van der Waals surface area contributed by atoms with Crippen molar-refractivity contribution in [1.29, 1.82) is 5.26 Å². The third kappa shape index (κ3) is 4.63. The van der Waals surface area contributed by atoms with Crippen LogP contribution < -0.4 is 16.4 Å². The highest BCUT2D eigenvalue weighted by atomic mass is 16.5. The summed E-state index contributed by atoms with van der Waals surface area (Å²) in [6, 6.07) is 10.2. The fourth-order valence-electron chi connectivity index (χ4n) is 3.39. The maximum absolute atomic E-state index is 12.4. The Morgan fingerprint density at radius 2 is 2.26 bits per heavy atom. The van der Waals surface area contributed by atoms with Gasteiger partial charge in [0.05, 0.1) is 23.0 Å². The van der Waals surface area contributed by atoms with E-state index in [2.05, 4.69) is 26.9 Å². The number of hydrogen-bond donors (Lipinski definition) is 2. The number of fused-ring (bicyclic) bond motifs is 1. The smallest absolute Gasteiger partial charge is 0.408 e. The van der Waals surface area contributed by atoms with Gasteiger partial charge >= 0.3 is 5.76 Å². The van der Waals surface area contributed by atoms with Crippen molar-refractivity contribution in [3.63, 3.8) is 0 Å². The standard InChI is InChI=1S/C21H22N6O4/c1-27-17-9-13(3-6-18(17)31-21(27)29)16-5-4-14(25-26-16)10-15(11-22)24-20(28)19-12-23-7-2-8-30-19/h3-6,9,15,19,23H,2,7-8,10,12H2,1H3,(H,24,28)/t15-,19?/m0/s1. The molecule has 0 bridgehead atoms. The van der Waals surface area contributed by atoms with E-state index in [0.29, 0.717) is 35.6 Å². The summed E-state index contributed by atoms with van der Waals surface area (Å²) >= 11 is 0. The van der Waals surface area contributed by atoms with Gasteiger partial charge in [0.25, 0.3) is 5.91 Å². The van der Waals surface area contributed by atoms with Crippen LogP contribution in [0, 0.1) is 11.3 Å². The zero-order valence-electron chi connectivity index (χ0n) is 17.0. The highest BCUT2D eigenvalue weighted by molar-refractivity contribution is 5.82. The normalized spacial score (nSPS) is 17.6. The molecule has 1 unspecified atom stereocenters. The molecule has 2 atom stereocenters. The van der Waals surface area contributed by atoms with E-state index < -0.39 is 17.9 Å². The summed E-state index contributed by atoms with van der Waals surface area (Å²) in [5, 5.41) is 23.7. The van der Waals surface area contributed by atoms with Gasteiger partial charge < -0.3 is 19.8 Å². The lowest BCUT2D eigenvalue weighted by Crippen LogP contribution is -2.46. The molecule has 160 valence electrons. The maximum Gasteiger partial charge on any atom is 0.419 e. The van der Waals surface area contributed by atoms with Crippen LogP contribution in [-0.2, 0) is 23.0 Å². The fraction of sp³-hybridized carbons (Fsp3) is 0.381. The number of aryl methyl sites for hydroxylation is 1. The largest absolute Gasteiger partial charge is 0.419 e. The molecular formula is C21H22N6O4. The van der Waals surface area contributed by atoms with Crippen LogP contribution in [0.25, 0.3) is 22.4 Å². The van der Waals surface area contributed by atoms with Crippen molar-refractivity contribution >= 4 is 17.0 Å². The number of nitrogens with one attached hydrogen (secondary N) is 2. The third-order valence-corrected chi connectivity index (χ3v) is 5.13. The van der Waals surface area contributed by atoms with Gasteiger partial charge in [-0.3, -0.25) is 9.36 Å². The van der Waals surface area contributed by atoms with Crippen molar-refractivity contribution in [2.24, 2.45) is 7.05 Å². The van der Waals surface area contributed by atoms with Crippen LogP contribution in [0.5, 0.6) is 0 Å². The molecular weight excluding hydrogens is 400 g/mol. The minimum absolute atomic E-state index is 0.227. The molecule has 10 nitrogen and oxygen atoms in total. The number of nitrogens with zero attached hydrogens (tertiary/aromatic N) is 4. The molecule has 0 saturated carbocycles. The number of rotatable bonds is 5. The van der Waals surface area contributed by atoms with Crippen LogP contribution in [0.3, 0.4) is 0 Å². The molecule has 1 aliphatic rings. The maximum atomic E-state index is 12.4. The van der Waals surface area contributed by atoms with Crippen LogP contribution in [-0.4, -0.2) is 52.5 Å². The molecule has 10 heteroatoms. The molecule has 1 fully saturated rings. The van der Waals surface area contributed by atoms with Gasteiger partial charge in [0, 0.05) is 32.2 Å². The van der Waals surface area contributed by atoms with Crippen LogP contribution >= 0.6 is 0 Å². The first-order valence-corrected chi connectivity index (χ1v) is 10.00. The quantitative estimate of drug-likeness (QED) is 0.607. The SMILES string of the molecule is Cn1c(=O)oc2ccc(-c3ccc(C[C@@H](C#N)NC(=O)C4CNCCCO4)nn3)cc21. The lowest BCUT2D eigenvalue weighted by Gasteiger charge is -2.17. The first-order valence-electron chi connectivity index (χ1n) is 10.00. The zero-order chi connectivity index (χ0) is 21.8. The van der Waals surface area contributed by atoms with Crippen LogP contribution in [0.2, 0.25) is 0 Å². The second kappa shape index (κ2) is 9.07. The van der Waals surface area contributed by atoms with Gasteiger partial charge in [-0.1, -0.05) is 0 Å². The Bertz CT molecular complexity index is 1170. The number of carbonyl (C=O) groups is 1. The molecule has 31 heavy (non-hydrogen) atoms. The van der Waals surface area contributed by atoms with Crippen molar-refractivity contribution in [2.45, 2.75) is 25.0 Å². The van der Waals surface area contributed by atoms with Crippen molar-refractivity contribution in [3.8, 4) is 17.3 Å². The van der Waals surface area contributed by atoms with Crippen LogP contribution in [0.4, 0.5) is 0 Å². The summed E-state index contributed by atoms with van der Waals surface area (Å²) in [5.74, 6) is -0.743. The number of carbonyl (C=O) groups excluding carboxylic acids is 1. The van der Waals surface area contributed by atoms with Gasteiger partial charge in [-0.2, -0.15) is 15.5 Å². The molecule has 0 radical (unpaired) electrons. The third-order valence-electron chi connectivity index (χ3n) is 5.13. The summed E-state index contributed by atoms with van der Waals surface area (Å²) in [7, 11) is 1.64. The van der Waals surface area contributed by atoms with E-state index in [1.165, 1.54) is 4.57 Å². The van der Waals surface area contributed by atoms with Crippen LogP contribution in [0.15, 0.2) is 39.5 Å². The number of aromatic nitrogens is 3. The van der Waals surface area contributed by atoms with E-state index in [1.54, 1.807) is 31.3 Å². The molecule has 1 saturated heterocycles. The fourth-order valence-corrected chi connectivity index (χ4v) is 3.39. The van der Waals surface area contributed by atoms with Gasteiger partial charge in [-0.15, -0.1) is 0 Å². The Balaban J connectivity index is 1.43. The van der Waals surface area contributed by atoms with E-state index in [1.807, 2.05) is 6.07 Å². The number of nitriles is 1. The van der Waals surface area contributed by atoms with Crippen molar-refractivity contribution < 1.29 is 13.9 Å². The first-order chi connectivity index (χ1) is 15.0. The van der Waals surface area contributed by atoms with Gasteiger partial charge in [0.1, 0.15) is 12.1 Å². The summed E-state index contributed by atoms with van der Waals surface area (Å²) < 4.78 is 12.1. The Morgan fingerprint density at radius 3 is 3.03 bits per heavy atom. The highest BCUT2D eigenvalue weighted by Gasteiger charge is 2.23. The zero-order valence-corrected chi connectivity index (χ0v) is 17.0. The number of amides is 1. The van der Waals surface area contributed by atoms with Gasteiger partial charge in [-0.25, -0.2) is 4.79 Å². The molecule has 0 spiro atoms. The predicted octanol–water partition coefficient (Wildman–Crippen LogP) is 0.518. The van der Waals surface area contributed by atoms with Crippen molar-refractivity contribution in [2.75, 3.05) is 19.7 Å². The average Bonchev–Trinajstić information content (AvgIpc) is 2.96.